The summed E-state index contributed by atoms with van der Waals surface area (Å²) >= 11 is 5.82. The summed E-state index contributed by atoms with van der Waals surface area (Å²) in [6, 6.07) is 7.45. The van der Waals surface area contributed by atoms with Crippen LogP contribution in [0.3, 0.4) is 0 Å². The molecule has 0 saturated heterocycles. The SMILES string of the molecule is CCn1cnc(Oc2cccc(Cl)c2)n1. The molecule has 0 spiro atoms. The van der Waals surface area contributed by atoms with E-state index in [9.17, 15) is 0 Å². The van der Waals surface area contributed by atoms with E-state index in [0.29, 0.717) is 16.8 Å². The van der Waals surface area contributed by atoms with Gasteiger partial charge < -0.3 is 4.74 Å². The molecule has 0 bridgehead atoms. The average Bonchev–Trinajstić information content (AvgIpc) is 2.65. The van der Waals surface area contributed by atoms with E-state index >= 15 is 0 Å². The summed E-state index contributed by atoms with van der Waals surface area (Å²) < 4.78 is 7.11. The van der Waals surface area contributed by atoms with Crippen molar-refractivity contribution in [2.75, 3.05) is 0 Å². The fourth-order valence-corrected chi connectivity index (χ4v) is 1.29. The van der Waals surface area contributed by atoms with Crippen LogP contribution < -0.4 is 4.74 Å². The van der Waals surface area contributed by atoms with Gasteiger partial charge in [0.15, 0.2) is 0 Å². The zero-order valence-corrected chi connectivity index (χ0v) is 8.98. The molecule has 0 saturated carbocycles. The number of ether oxygens (including phenoxy) is 1. The number of aryl methyl sites for hydroxylation is 1. The van der Waals surface area contributed by atoms with E-state index < -0.39 is 0 Å². The number of nitrogens with zero attached hydrogens (tertiary/aromatic N) is 3. The minimum Gasteiger partial charge on any atom is -0.423 e. The minimum absolute atomic E-state index is 0.333. The lowest BCUT2D eigenvalue weighted by molar-refractivity contribution is 0.436. The number of halogens is 1. The van der Waals surface area contributed by atoms with Crippen LogP contribution in [0.2, 0.25) is 5.02 Å². The zero-order chi connectivity index (χ0) is 10.7. The van der Waals surface area contributed by atoms with Gasteiger partial charge in [0, 0.05) is 11.6 Å². The Morgan fingerprint density at radius 1 is 1.47 bits per heavy atom. The van der Waals surface area contributed by atoms with Crippen LogP contribution in [0.1, 0.15) is 6.92 Å². The van der Waals surface area contributed by atoms with Crippen LogP contribution in [-0.4, -0.2) is 14.8 Å². The summed E-state index contributed by atoms with van der Waals surface area (Å²) in [5.74, 6) is 0.636. The molecule has 1 aromatic heterocycles. The van der Waals surface area contributed by atoms with Gasteiger partial charge >= 0.3 is 6.01 Å². The Kier molecular flexibility index (Phi) is 2.87. The lowest BCUT2D eigenvalue weighted by Gasteiger charge is -2.00. The van der Waals surface area contributed by atoms with Crippen LogP contribution in [0.15, 0.2) is 30.6 Å². The van der Waals surface area contributed by atoms with Gasteiger partial charge in [-0.25, -0.2) is 4.68 Å². The Hall–Kier alpha value is -1.55. The normalized spacial score (nSPS) is 10.3. The van der Waals surface area contributed by atoms with Crippen molar-refractivity contribution >= 4 is 11.6 Å². The minimum atomic E-state index is 0.333. The van der Waals surface area contributed by atoms with Gasteiger partial charge in [-0.15, -0.1) is 5.10 Å². The number of benzene rings is 1. The fourth-order valence-electron chi connectivity index (χ4n) is 1.11. The summed E-state index contributed by atoms with van der Waals surface area (Å²) in [6.07, 6.45) is 1.62. The Labute approximate surface area is 92.5 Å². The Balaban J connectivity index is 2.14. The largest absolute Gasteiger partial charge is 0.423 e. The van der Waals surface area contributed by atoms with Crippen molar-refractivity contribution in [3.8, 4) is 11.8 Å². The molecule has 0 aliphatic carbocycles. The molecule has 4 nitrogen and oxygen atoms in total. The third kappa shape index (κ3) is 2.47. The van der Waals surface area contributed by atoms with Crippen LogP contribution in [0.5, 0.6) is 11.8 Å². The molecule has 78 valence electrons. The van der Waals surface area contributed by atoms with E-state index in [4.69, 9.17) is 16.3 Å². The molecule has 0 atom stereocenters. The molecule has 15 heavy (non-hydrogen) atoms. The van der Waals surface area contributed by atoms with Gasteiger partial charge in [0.25, 0.3) is 0 Å². The van der Waals surface area contributed by atoms with E-state index in [0.717, 1.165) is 6.54 Å². The first-order chi connectivity index (χ1) is 7.28. The van der Waals surface area contributed by atoms with Crippen molar-refractivity contribution < 1.29 is 4.74 Å². The first kappa shape index (κ1) is 9.98. The Bertz CT molecular complexity index is 455. The third-order valence-corrected chi connectivity index (χ3v) is 2.08. The second-order valence-electron chi connectivity index (χ2n) is 2.94. The van der Waals surface area contributed by atoms with Gasteiger partial charge in [0.1, 0.15) is 12.1 Å². The number of rotatable bonds is 3. The molecule has 0 fully saturated rings. The predicted molar refractivity (Wildman–Crippen MR) is 57.2 cm³/mol. The second kappa shape index (κ2) is 4.31. The zero-order valence-electron chi connectivity index (χ0n) is 8.22. The summed E-state index contributed by atoms with van der Waals surface area (Å²) in [7, 11) is 0. The van der Waals surface area contributed by atoms with Crippen LogP contribution in [0.4, 0.5) is 0 Å². The molecule has 2 aromatic rings. The molecule has 0 N–H and O–H groups in total. The maximum absolute atomic E-state index is 5.82. The van der Waals surface area contributed by atoms with Crippen molar-refractivity contribution in [1.29, 1.82) is 0 Å². The van der Waals surface area contributed by atoms with Crippen molar-refractivity contribution in [2.45, 2.75) is 13.5 Å². The highest BCUT2D eigenvalue weighted by atomic mass is 35.5. The molecule has 0 radical (unpaired) electrons. The lowest BCUT2D eigenvalue weighted by Crippen LogP contribution is -1.94. The summed E-state index contributed by atoms with van der Waals surface area (Å²) in [6.45, 7) is 2.75. The molecule has 1 heterocycles. The molecule has 5 heteroatoms. The highest BCUT2D eigenvalue weighted by molar-refractivity contribution is 6.30. The quantitative estimate of drug-likeness (QED) is 0.803. The highest BCUT2D eigenvalue weighted by Crippen LogP contribution is 2.21. The van der Waals surface area contributed by atoms with E-state index in [-0.39, 0.29) is 0 Å². The molecule has 1 aromatic carbocycles. The molecule has 0 amide bonds. The Morgan fingerprint density at radius 2 is 2.33 bits per heavy atom. The average molecular weight is 224 g/mol. The summed E-state index contributed by atoms with van der Waals surface area (Å²) in [5.41, 5.74) is 0. The number of hydrogen-bond acceptors (Lipinski definition) is 3. The molecule has 0 aliphatic rings. The van der Waals surface area contributed by atoms with E-state index in [2.05, 4.69) is 10.1 Å². The van der Waals surface area contributed by atoms with Crippen LogP contribution in [0, 0.1) is 0 Å². The van der Waals surface area contributed by atoms with E-state index in [1.807, 2.05) is 13.0 Å². The molecule has 2 rings (SSSR count). The van der Waals surface area contributed by atoms with Crippen LogP contribution in [-0.2, 0) is 6.54 Å². The van der Waals surface area contributed by atoms with Gasteiger partial charge in [-0.2, -0.15) is 4.98 Å². The summed E-state index contributed by atoms with van der Waals surface area (Å²) in [4.78, 5) is 4.00. The monoisotopic (exact) mass is 223 g/mol. The van der Waals surface area contributed by atoms with E-state index in [1.54, 1.807) is 29.2 Å². The van der Waals surface area contributed by atoms with Gasteiger partial charge in [-0.1, -0.05) is 17.7 Å². The first-order valence-electron chi connectivity index (χ1n) is 4.61. The topological polar surface area (TPSA) is 39.9 Å². The third-order valence-electron chi connectivity index (χ3n) is 1.84. The van der Waals surface area contributed by atoms with Crippen LogP contribution >= 0.6 is 11.6 Å². The van der Waals surface area contributed by atoms with Gasteiger partial charge in [-0.05, 0) is 25.1 Å². The maximum atomic E-state index is 5.82. The van der Waals surface area contributed by atoms with Gasteiger partial charge in [-0.3, -0.25) is 0 Å². The van der Waals surface area contributed by atoms with Crippen molar-refractivity contribution in [3.05, 3.63) is 35.6 Å². The molecular formula is C10H10ClN3O. The summed E-state index contributed by atoms with van der Waals surface area (Å²) in [5, 5.41) is 4.72. The number of aromatic nitrogens is 3. The van der Waals surface area contributed by atoms with Crippen molar-refractivity contribution in [2.24, 2.45) is 0 Å². The van der Waals surface area contributed by atoms with Gasteiger partial charge in [0.2, 0.25) is 0 Å². The predicted octanol–water partition coefficient (Wildman–Crippen LogP) is 2.74. The Morgan fingerprint density at radius 3 is 3.00 bits per heavy atom. The fraction of sp³-hybridized carbons (Fsp3) is 0.200. The van der Waals surface area contributed by atoms with Crippen LogP contribution in [0.25, 0.3) is 0 Å². The molecule has 0 unspecified atom stereocenters. The first-order valence-corrected chi connectivity index (χ1v) is 4.98. The molecular weight excluding hydrogens is 214 g/mol. The van der Waals surface area contributed by atoms with Crippen molar-refractivity contribution in [3.63, 3.8) is 0 Å². The second-order valence-corrected chi connectivity index (χ2v) is 3.38. The smallest absolute Gasteiger partial charge is 0.340 e. The maximum Gasteiger partial charge on any atom is 0.340 e. The van der Waals surface area contributed by atoms with Gasteiger partial charge in [0.05, 0.1) is 0 Å². The van der Waals surface area contributed by atoms with E-state index in [1.165, 1.54) is 0 Å². The number of hydrogen-bond donors (Lipinski definition) is 0. The lowest BCUT2D eigenvalue weighted by atomic mass is 10.3. The molecule has 0 aliphatic heterocycles. The standard InChI is InChI=1S/C10H10ClN3O/c1-2-14-7-12-10(13-14)15-9-5-3-4-8(11)6-9/h3-7H,2H2,1H3. The van der Waals surface area contributed by atoms with Crippen molar-refractivity contribution in [1.82, 2.24) is 14.8 Å². The highest BCUT2D eigenvalue weighted by Gasteiger charge is 2.02.